The Hall–Kier alpha value is -2.17. The van der Waals surface area contributed by atoms with Crippen molar-refractivity contribution < 1.29 is 9.90 Å². The van der Waals surface area contributed by atoms with E-state index in [2.05, 4.69) is 29.2 Å². The lowest BCUT2D eigenvalue weighted by molar-refractivity contribution is -0.133. The topological polar surface area (TPSA) is 43.8 Å². The largest absolute Gasteiger partial charge is 0.396 e. The van der Waals surface area contributed by atoms with Gasteiger partial charge in [0.05, 0.1) is 12.6 Å². The van der Waals surface area contributed by atoms with Crippen LogP contribution in [0, 0.1) is 0 Å². The van der Waals surface area contributed by atoms with Gasteiger partial charge in [0.25, 0.3) is 0 Å². The average molecular weight is 367 g/mol. The number of nitrogens with zero attached hydrogens (tertiary/aromatic N) is 2. The summed E-state index contributed by atoms with van der Waals surface area (Å²) in [6.07, 6.45) is 4.12. The lowest BCUT2D eigenvalue weighted by atomic mass is 9.97. The second-order valence-corrected chi connectivity index (χ2v) is 7.36. The highest BCUT2D eigenvalue weighted by atomic mass is 16.3. The molecule has 0 aliphatic carbocycles. The van der Waals surface area contributed by atoms with Crippen molar-refractivity contribution in [3.05, 3.63) is 71.8 Å². The number of hydrogen-bond donors (Lipinski definition) is 1. The van der Waals surface area contributed by atoms with E-state index in [4.69, 9.17) is 0 Å². The number of aliphatic hydroxyl groups excluding tert-OH is 1. The standard InChI is InChI=1S/C23H30N2O2/c1-24(22(27)18-25-16-9-8-14-21(25)15-17-26)23(19-10-4-2-5-11-19)20-12-6-3-7-13-20/h2-7,10-13,21,23,26H,8-9,14-18H2,1H3. The fourth-order valence-corrected chi connectivity index (χ4v) is 4.08. The zero-order chi connectivity index (χ0) is 19.1. The lowest BCUT2D eigenvalue weighted by Gasteiger charge is -2.37. The van der Waals surface area contributed by atoms with Gasteiger partial charge in [-0.2, -0.15) is 0 Å². The Morgan fingerprint density at radius 2 is 1.67 bits per heavy atom. The van der Waals surface area contributed by atoms with Gasteiger partial charge < -0.3 is 10.0 Å². The van der Waals surface area contributed by atoms with Gasteiger partial charge >= 0.3 is 0 Å². The predicted molar refractivity (Wildman–Crippen MR) is 108 cm³/mol. The molecule has 1 atom stereocenters. The molecular formula is C23H30N2O2. The summed E-state index contributed by atoms with van der Waals surface area (Å²) < 4.78 is 0. The summed E-state index contributed by atoms with van der Waals surface area (Å²) in [6, 6.07) is 20.6. The second kappa shape index (κ2) is 9.67. The maximum Gasteiger partial charge on any atom is 0.237 e. The molecular weight excluding hydrogens is 336 g/mol. The summed E-state index contributed by atoms with van der Waals surface area (Å²) in [5.74, 6) is 0.123. The number of rotatable bonds is 7. The first-order valence-corrected chi connectivity index (χ1v) is 9.91. The Balaban J connectivity index is 1.79. The van der Waals surface area contributed by atoms with Gasteiger partial charge in [-0.05, 0) is 36.9 Å². The SMILES string of the molecule is CN(C(=O)CN1CCCCC1CCO)C(c1ccccc1)c1ccccc1. The zero-order valence-corrected chi connectivity index (χ0v) is 16.1. The molecule has 0 saturated carbocycles. The van der Waals surface area contributed by atoms with Crippen LogP contribution in [0.2, 0.25) is 0 Å². The van der Waals surface area contributed by atoms with E-state index in [9.17, 15) is 9.90 Å². The Bertz CT molecular complexity index is 663. The van der Waals surface area contributed by atoms with Crippen LogP contribution in [0.15, 0.2) is 60.7 Å². The van der Waals surface area contributed by atoms with Crippen LogP contribution in [0.3, 0.4) is 0 Å². The molecule has 4 nitrogen and oxygen atoms in total. The third-order valence-electron chi connectivity index (χ3n) is 5.56. The molecule has 0 spiro atoms. The minimum absolute atomic E-state index is 0.0963. The van der Waals surface area contributed by atoms with Gasteiger partial charge in [0, 0.05) is 19.7 Å². The summed E-state index contributed by atoms with van der Waals surface area (Å²) in [4.78, 5) is 17.3. The Morgan fingerprint density at radius 1 is 1.07 bits per heavy atom. The highest BCUT2D eigenvalue weighted by Gasteiger charge is 2.28. The van der Waals surface area contributed by atoms with E-state index >= 15 is 0 Å². The van der Waals surface area contributed by atoms with E-state index in [1.54, 1.807) is 0 Å². The van der Waals surface area contributed by atoms with Crippen molar-refractivity contribution in [2.75, 3.05) is 26.7 Å². The normalized spacial score (nSPS) is 17.8. The molecule has 1 aliphatic rings. The average Bonchev–Trinajstić information content (AvgIpc) is 2.71. The molecule has 1 N–H and O–H groups in total. The Kier molecular flexibility index (Phi) is 7.02. The maximum atomic E-state index is 13.2. The number of carbonyl (C=O) groups excluding carboxylic acids is 1. The van der Waals surface area contributed by atoms with Crippen molar-refractivity contribution >= 4 is 5.91 Å². The van der Waals surface area contributed by atoms with Gasteiger partial charge in [0.15, 0.2) is 0 Å². The third kappa shape index (κ3) is 4.96. The van der Waals surface area contributed by atoms with Gasteiger partial charge in [-0.15, -0.1) is 0 Å². The van der Waals surface area contributed by atoms with Crippen molar-refractivity contribution in [1.82, 2.24) is 9.80 Å². The van der Waals surface area contributed by atoms with E-state index < -0.39 is 0 Å². The fraction of sp³-hybridized carbons (Fsp3) is 0.435. The number of benzene rings is 2. The second-order valence-electron chi connectivity index (χ2n) is 7.36. The van der Waals surface area contributed by atoms with Crippen LogP contribution in [0.5, 0.6) is 0 Å². The number of likely N-dealkylation sites (N-methyl/N-ethyl adjacent to an activating group) is 1. The van der Waals surface area contributed by atoms with Gasteiger partial charge in [0.1, 0.15) is 0 Å². The summed E-state index contributed by atoms with van der Waals surface area (Å²) in [5.41, 5.74) is 2.23. The van der Waals surface area contributed by atoms with Crippen LogP contribution in [0.1, 0.15) is 42.9 Å². The maximum absolute atomic E-state index is 13.2. The predicted octanol–water partition coefficient (Wildman–Crippen LogP) is 3.47. The molecule has 0 radical (unpaired) electrons. The quantitative estimate of drug-likeness (QED) is 0.816. The number of amides is 1. The molecule has 1 fully saturated rings. The third-order valence-corrected chi connectivity index (χ3v) is 5.56. The van der Waals surface area contributed by atoms with Crippen LogP contribution in [-0.4, -0.2) is 53.6 Å². The summed E-state index contributed by atoms with van der Waals surface area (Å²) >= 11 is 0. The van der Waals surface area contributed by atoms with Crippen LogP contribution >= 0.6 is 0 Å². The summed E-state index contributed by atoms with van der Waals surface area (Å²) in [5, 5.41) is 9.34. The molecule has 1 saturated heterocycles. The van der Waals surface area contributed by atoms with Crippen LogP contribution in [0.25, 0.3) is 0 Å². The first kappa shape index (κ1) is 19.6. The fourth-order valence-electron chi connectivity index (χ4n) is 4.08. The summed E-state index contributed by atoms with van der Waals surface area (Å²) in [6.45, 7) is 1.53. The van der Waals surface area contributed by atoms with E-state index in [1.807, 2.05) is 48.3 Å². The highest BCUT2D eigenvalue weighted by molar-refractivity contribution is 5.79. The van der Waals surface area contributed by atoms with E-state index in [0.29, 0.717) is 12.6 Å². The highest BCUT2D eigenvalue weighted by Crippen LogP contribution is 2.28. The van der Waals surface area contributed by atoms with E-state index in [-0.39, 0.29) is 18.6 Å². The summed E-state index contributed by atoms with van der Waals surface area (Å²) in [7, 11) is 1.90. The molecule has 144 valence electrons. The number of aliphatic hydroxyl groups is 1. The minimum atomic E-state index is -0.0963. The number of piperidine rings is 1. The Labute approximate surface area is 162 Å². The molecule has 3 rings (SSSR count). The lowest BCUT2D eigenvalue weighted by Crippen LogP contribution is -2.47. The van der Waals surface area contributed by atoms with Crippen molar-refractivity contribution in [2.45, 2.75) is 37.8 Å². The molecule has 0 aromatic heterocycles. The number of carbonyl (C=O) groups is 1. The first-order chi connectivity index (χ1) is 13.2. The van der Waals surface area contributed by atoms with Crippen molar-refractivity contribution in [3.8, 4) is 0 Å². The van der Waals surface area contributed by atoms with E-state index in [1.165, 1.54) is 6.42 Å². The van der Waals surface area contributed by atoms with Gasteiger partial charge in [-0.25, -0.2) is 0 Å². The van der Waals surface area contributed by atoms with Crippen molar-refractivity contribution in [3.63, 3.8) is 0 Å². The number of hydrogen-bond acceptors (Lipinski definition) is 3. The smallest absolute Gasteiger partial charge is 0.237 e. The first-order valence-electron chi connectivity index (χ1n) is 9.91. The molecule has 1 unspecified atom stereocenters. The minimum Gasteiger partial charge on any atom is -0.396 e. The molecule has 0 bridgehead atoms. The molecule has 1 aliphatic heterocycles. The van der Waals surface area contributed by atoms with Crippen LogP contribution in [0.4, 0.5) is 0 Å². The van der Waals surface area contributed by atoms with Crippen molar-refractivity contribution in [1.29, 1.82) is 0 Å². The van der Waals surface area contributed by atoms with Crippen LogP contribution in [-0.2, 0) is 4.79 Å². The van der Waals surface area contributed by atoms with Gasteiger partial charge in [0.2, 0.25) is 5.91 Å². The van der Waals surface area contributed by atoms with Crippen LogP contribution < -0.4 is 0 Å². The van der Waals surface area contributed by atoms with E-state index in [0.717, 1.165) is 36.9 Å². The van der Waals surface area contributed by atoms with Gasteiger partial charge in [-0.1, -0.05) is 67.1 Å². The zero-order valence-electron chi connectivity index (χ0n) is 16.1. The molecule has 27 heavy (non-hydrogen) atoms. The molecule has 1 heterocycles. The molecule has 4 heteroatoms. The Morgan fingerprint density at radius 3 is 2.22 bits per heavy atom. The van der Waals surface area contributed by atoms with Gasteiger partial charge in [-0.3, -0.25) is 9.69 Å². The number of likely N-dealkylation sites (tertiary alicyclic amines) is 1. The molecule has 2 aromatic carbocycles. The molecule has 2 aromatic rings. The van der Waals surface area contributed by atoms with Crippen molar-refractivity contribution in [2.24, 2.45) is 0 Å². The monoisotopic (exact) mass is 366 g/mol. The molecule has 1 amide bonds.